The number of hydrogen-bond donors (Lipinski definition) is 2. The highest BCUT2D eigenvalue weighted by Crippen LogP contribution is 2.28. The van der Waals surface area contributed by atoms with Crippen molar-refractivity contribution in [2.75, 3.05) is 13.2 Å². The Labute approximate surface area is 115 Å². The molecule has 0 spiro atoms. The first-order valence-electron chi connectivity index (χ1n) is 7.78. The van der Waals surface area contributed by atoms with Crippen molar-refractivity contribution in [3.05, 3.63) is 0 Å². The largest absolute Gasteiger partial charge is 0.466 e. The number of hydrogen-bond acceptors (Lipinski definition) is 4. The Bertz CT molecular complexity index is 295. The molecule has 0 aromatic rings. The van der Waals surface area contributed by atoms with E-state index in [1.54, 1.807) is 0 Å². The van der Waals surface area contributed by atoms with Crippen LogP contribution in [0, 0.1) is 11.8 Å². The fourth-order valence-corrected chi connectivity index (χ4v) is 3.42. The van der Waals surface area contributed by atoms with E-state index in [0.29, 0.717) is 18.6 Å². The highest BCUT2D eigenvalue weighted by Gasteiger charge is 2.30. The van der Waals surface area contributed by atoms with Crippen LogP contribution in [0.15, 0.2) is 0 Å². The minimum atomic E-state index is -0.128. The summed E-state index contributed by atoms with van der Waals surface area (Å²) in [6.07, 6.45) is 7.17. The Morgan fingerprint density at radius 3 is 2.74 bits per heavy atom. The molecular weight excluding hydrogens is 242 g/mol. The topological polar surface area (TPSA) is 58.6 Å². The number of rotatable bonds is 5. The monoisotopic (exact) mass is 269 g/mol. The lowest BCUT2D eigenvalue weighted by molar-refractivity contribution is -0.149. The van der Waals surface area contributed by atoms with Gasteiger partial charge in [-0.2, -0.15) is 0 Å². The van der Waals surface area contributed by atoms with Gasteiger partial charge in [-0.25, -0.2) is 0 Å². The van der Waals surface area contributed by atoms with Crippen molar-refractivity contribution in [1.82, 2.24) is 5.32 Å². The van der Waals surface area contributed by atoms with Crippen LogP contribution in [-0.4, -0.2) is 36.4 Å². The van der Waals surface area contributed by atoms with Gasteiger partial charge in [-0.3, -0.25) is 4.79 Å². The fraction of sp³-hybridized carbons (Fsp3) is 0.933. The van der Waals surface area contributed by atoms with Crippen molar-refractivity contribution in [2.45, 2.75) is 64.0 Å². The molecule has 4 unspecified atom stereocenters. The average Bonchev–Trinajstić information content (AvgIpc) is 2.82. The Morgan fingerprint density at radius 2 is 2.05 bits per heavy atom. The summed E-state index contributed by atoms with van der Waals surface area (Å²) in [5.74, 6) is 0.442. The molecule has 2 N–H and O–H groups in total. The first-order valence-corrected chi connectivity index (χ1v) is 7.78. The van der Waals surface area contributed by atoms with Crippen molar-refractivity contribution in [3.8, 4) is 0 Å². The third kappa shape index (κ3) is 4.18. The molecule has 0 saturated heterocycles. The fourth-order valence-electron chi connectivity index (χ4n) is 3.42. The lowest BCUT2D eigenvalue weighted by Gasteiger charge is -2.29. The molecule has 0 aliphatic heterocycles. The van der Waals surface area contributed by atoms with Crippen LogP contribution in [0.25, 0.3) is 0 Å². The maximum atomic E-state index is 11.8. The molecule has 0 aromatic heterocycles. The highest BCUT2D eigenvalue weighted by atomic mass is 16.5. The molecule has 2 rings (SSSR count). The molecule has 110 valence electrons. The Hall–Kier alpha value is -0.610. The number of nitrogens with one attached hydrogen (secondary N) is 1. The van der Waals surface area contributed by atoms with E-state index in [4.69, 9.17) is 4.74 Å². The van der Waals surface area contributed by atoms with Crippen molar-refractivity contribution in [3.63, 3.8) is 0 Å². The third-order valence-electron chi connectivity index (χ3n) is 4.58. The predicted molar refractivity (Wildman–Crippen MR) is 73.7 cm³/mol. The predicted octanol–water partition coefficient (Wildman–Crippen LogP) is 1.86. The van der Waals surface area contributed by atoms with Gasteiger partial charge in [-0.15, -0.1) is 0 Å². The third-order valence-corrected chi connectivity index (χ3v) is 4.58. The van der Waals surface area contributed by atoms with Gasteiger partial charge in [0.2, 0.25) is 0 Å². The molecule has 2 aliphatic carbocycles. The van der Waals surface area contributed by atoms with Crippen LogP contribution in [0.2, 0.25) is 0 Å². The van der Waals surface area contributed by atoms with Crippen LogP contribution in [-0.2, 0) is 9.53 Å². The van der Waals surface area contributed by atoms with E-state index in [9.17, 15) is 9.90 Å². The molecule has 0 bridgehead atoms. The number of esters is 1. The molecule has 2 aliphatic rings. The van der Waals surface area contributed by atoms with E-state index in [1.165, 1.54) is 0 Å². The van der Waals surface area contributed by atoms with Crippen molar-refractivity contribution in [1.29, 1.82) is 0 Å². The first kappa shape index (κ1) is 14.8. The standard InChI is InChI=1S/C15H27NO3/c1-2-19-15(18)11-5-3-7-13(9-11)16-10-12-6-4-8-14(12)17/h11-14,16-17H,2-10H2,1H3. The van der Waals surface area contributed by atoms with Crippen molar-refractivity contribution >= 4 is 5.97 Å². The minimum absolute atomic E-state index is 0.0325. The zero-order valence-corrected chi connectivity index (χ0v) is 11.9. The number of carbonyl (C=O) groups excluding carboxylic acids is 1. The van der Waals surface area contributed by atoms with Crippen molar-refractivity contribution in [2.24, 2.45) is 11.8 Å². The van der Waals surface area contributed by atoms with Crippen LogP contribution in [0.1, 0.15) is 51.9 Å². The normalized spacial score (nSPS) is 35.3. The molecule has 0 amide bonds. The van der Waals surface area contributed by atoms with E-state index in [1.807, 2.05) is 6.92 Å². The molecule has 0 aromatic carbocycles. The SMILES string of the molecule is CCOC(=O)C1CCCC(NCC2CCCC2O)C1. The van der Waals surface area contributed by atoms with Gasteiger partial charge in [-0.1, -0.05) is 12.8 Å². The van der Waals surface area contributed by atoms with Crippen molar-refractivity contribution < 1.29 is 14.6 Å². The maximum absolute atomic E-state index is 11.8. The molecule has 0 heterocycles. The van der Waals surface area contributed by atoms with Crippen LogP contribution in [0.3, 0.4) is 0 Å². The summed E-state index contributed by atoms with van der Waals surface area (Å²) in [5.41, 5.74) is 0. The smallest absolute Gasteiger partial charge is 0.308 e. The molecule has 2 fully saturated rings. The van der Waals surface area contributed by atoms with Gasteiger partial charge in [0.15, 0.2) is 0 Å². The molecule has 19 heavy (non-hydrogen) atoms. The van der Waals surface area contributed by atoms with E-state index in [2.05, 4.69) is 5.32 Å². The van der Waals surface area contributed by atoms with Crippen LogP contribution < -0.4 is 5.32 Å². The summed E-state index contributed by atoms with van der Waals surface area (Å²) < 4.78 is 5.12. The summed E-state index contributed by atoms with van der Waals surface area (Å²) in [5, 5.41) is 13.4. The Morgan fingerprint density at radius 1 is 1.26 bits per heavy atom. The first-order chi connectivity index (χ1) is 9.20. The lowest BCUT2D eigenvalue weighted by atomic mass is 9.85. The quantitative estimate of drug-likeness (QED) is 0.748. The highest BCUT2D eigenvalue weighted by molar-refractivity contribution is 5.72. The number of ether oxygens (including phenoxy) is 1. The van der Waals surface area contributed by atoms with Gasteiger partial charge < -0.3 is 15.2 Å². The van der Waals surface area contributed by atoms with E-state index >= 15 is 0 Å². The molecular formula is C15H27NO3. The van der Waals surface area contributed by atoms with Gasteiger partial charge in [0.25, 0.3) is 0 Å². The van der Waals surface area contributed by atoms with E-state index in [-0.39, 0.29) is 18.0 Å². The Kier molecular flexibility index (Phi) is 5.64. The summed E-state index contributed by atoms with van der Waals surface area (Å²) in [4.78, 5) is 11.8. The summed E-state index contributed by atoms with van der Waals surface area (Å²) in [6, 6.07) is 0.413. The zero-order chi connectivity index (χ0) is 13.7. The van der Waals surface area contributed by atoms with Crippen LogP contribution in [0.4, 0.5) is 0 Å². The summed E-state index contributed by atoms with van der Waals surface area (Å²) >= 11 is 0. The lowest BCUT2D eigenvalue weighted by Crippen LogP contribution is -2.40. The molecule has 4 atom stereocenters. The van der Waals surface area contributed by atoms with Gasteiger partial charge in [0.05, 0.1) is 18.6 Å². The maximum Gasteiger partial charge on any atom is 0.308 e. The Balaban J connectivity index is 1.73. The molecule has 4 nitrogen and oxygen atoms in total. The zero-order valence-electron chi connectivity index (χ0n) is 11.9. The second-order valence-electron chi connectivity index (χ2n) is 5.98. The summed E-state index contributed by atoms with van der Waals surface area (Å²) in [6.45, 7) is 3.22. The second-order valence-corrected chi connectivity index (χ2v) is 5.98. The van der Waals surface area contributed by atoms with Gasteiger partial charge in [-0.05, 0) is 44.9 Å². The van der Waals surface area contributed by atoms with E-state index in [0.717, 1.165) is 51.5 Å². The van der Waals surface area contributed by atoms with Gasteiger partial charge in [0.1, 0.15) is 0 Å². The second kappa shape index (κ2) is 7.25. The number of carbonyl (C=O) groups is 1. The van der Waals surface area contributed by atoms with Crippen LogP contribution >= 0.6 is 0 Å². The van der Waals surface area contributed by atoms with E-state index < -0.39 is 0 Å². The van der Waals surface area contributed by atoms with Gasteiger partial charge >= 0.3 is 5.97 Å². The van der Waals surface area contributed by atoms with Gasteiger partial charge in [0, 0.05) is 12.6 Å². The number of aliphatic hydroxyl groups excluding tert-OH is 1. The molecule has 0 radical (unpaired) electrons. The average molecular weight is 269 g/mol. The molecule has 2 saturated carbocycles. The molecule has 4 heteroatoms. The summed E-state index contributed by atoms with van der Waals surface area (Å²) in [7, 11) is 0. The number of aliphatic hydroxyl groups is 1. The minimum Gasteiger partial charge on any atom is -0.466 e. The van der Waals surface area contributed by atoms with Crippen LogP contribution in [0.5, 0.6) is 0 Å².